The Labute approximate surface area is 118 Å². The number of aryl methyl sites for hydroxylation is 2. The average molecular weight is 274 g/mol. The molecular weight excluding hydrogens is 255 g/mol. The van der Waals surface area contributed by atoms with Gasteiger partial charge in [0.1, 0.15) is 11.6 Å². The molecule has 2 aromatic rings. The third-order valence-electron chi connectivity index (χ3n) is 3.38. The second-order valence-electron chi connectivity index (χ2n) is 4.86. The molecule has 0 saturated carbocycles. The summed E-state index contributed by atoms with van der Waals surface area (Å²) < 4.78 is 18.9. The summed E-state index contributed by atoms with van der Waals surface area (Å²) >= 11 is 0. The number of methoxy groups -OCH3 is 1. The zero-order chi connectivity index (χ0) is 14.7. The summed E-state index contributed by atoms with van der Waals surface area (Å²) in [4.78, 5) is 4.41. The number of aromatic nitrogens is 1. The fraction of sp³-hybridized carbons (Fsp3) is 0.312. The molecule has 1 aromatic heterocycles. The number of ether oxygens (including phenoxy) is 1. The fourth-order valence-electron chi connectivity index (χ4n) is 2.14. The summed E-state index contributed by atoms with van der Waals surface area (Å²) in [5.74, 6) is 0.646. The van der Waals surface area contributed by atoms with Crippen LogP contribution in [0.5, 0.6) is 5.75 Å². The highest BCUT2D eigenvalue weighted by molar-refractivity contribution is 5.47. The van der Waals surface area contributed by atoms with Gasteiger partial charge in [-0.05, 0) is 38.5 Å². The lowest BCUT2D eigenvalue weighted by Gasteiger charge is -2.13. The topological polar surface area (TPSA) is 34.1 Å². The van der Waals surface area contributed by atoms with E-state index in [1.54, 1.807) is 26.3 Å². The smallest absolute Gasteiger partial charge is 0.128 e. The molecule has 2 rings (SSSR count). The maximum atomic E-state index is 13.5. The first-order valence-corrected chi connectivity index (χ1v) is 6.52. The quantitative estimate of drug-likeness (QED) is 0.921. The second kappa shape index (κ2) is 5.90. The molecule has 0 atom stereocenters. The van der Waals surface area contributed by atoms with Gasteiger partial charge in [0.05, 0.1) is 19.3 Å². The van der Waals surface area contributed by atoms with Gasteiger partial charge in [-0.3, -0.25) is 4.98 Å². The van der Waals surface area contributed by atoms with Gasteiger partial charge in [0.2, 0.25) is 0 Å². The van der Waals surface area contributed by atoms with Gasteiger partial charge in [0.25, 0.3) is 0 Å². The molecule has 20 heavy (non-hydrogen) atoms. The van der Waals surface area contributed by atoms with Crippen LogP contribution in [-0.2, 0) is 6.54 Å². The number of anilines is 1. The minimum Gasteiger partial charge on any atom is -0.496 e. The molecule has 0 aliphatic carbocycles. The van der Waals surface area contributed by atoms with E-state index in [0.29, 0.717) is 12.1 Å². The van der Waals surface area contributed by atoms with Crippen LogP contribution in [0.15, 0.2) is 24.4 Å². The van der Waals surface area contributed by atoms with Crippen molar-refractivity contribution >= 4 is 5.69 Å². The van der Waals surface area contributed by atoms with E-state index in [9.17, 15) is 4.39 Å². The molecule has 4 heteroatoms. The number of hydrogen-bond donors (Lipinski definition) is 1. The summed E-state index contributed by atoms with van der Waals surface area (Å²) in [5.41, 5.74) is 4.30. The molecule has 0 aliphatic rings. The van der Waals surface area contributed by atoms with Crippen molar-refractivity contribution in [2.45, 2.75) is 27.3 Å². The van der Waals surface area contributed by atoms with Gasteiger partial charge in [-0.2, -0.15) is 0 Å². The molecule has 0 spiro atoms. The predicted molar refractivity (Wildman–Crippen MR) is 78.7 cm³/mol. The van der Waals surface area contributed by atoms with Crippen LogP contribution < -0.4 is 10.1 Å². The van der Waals surface area contributed by atoms with Crippen LogP contribution in [0.4, 0.5) is 10.1 Å². The van der Waals surface area contributed by atoms with Crippen molar-refractivity contribution in [2.75, 3.05) is 12.4 Å². The largest absolute Gasteiger partial charge is 0.496 e. The molecule has 0 unspecified atom stereocenters. The molecule has 0 radical (unpaired) electrons. The van der Waals surface area contributed by atoms with Crippen LogP contribution in [0.2, 0.25) is 0 Å². The fourth-order valence-corrected chi connectivity index (χ4v) is 2.14. The number of nitrogens with zero attached hydrogens (tertiary/aromatic N) is 1. The van der Waals surface area contributed by atoms with Crippen LogP contribution >= 0.6 is 0 Å². The minimum atomic E-state index is -0.207. The number of halogens is 1. The van der Waals surface area contributed by atoms with Crippen molar-refractivity contribution in [1.82, 2.24) is 4.98 Å². The van der Waals surface area contributed by atoms with E-state index in [2.05, 4.69) is 10.3 Å². The zero-order valence-corrected chi connectivity index (χ0v) is 12.2. The Bertz CT molecular complexity index is 626. The number of pyridine rings is 1. The van der Waals surface area contributed by atoms with Crippen molar-refractivity contribution in [2.24, 2.45) is 0 Å². The van der Waals surface area contributed by atoms with E-state index in [0.717, 1.165) is 28.3 Å². The monoisotopic (exact) mass is 274 g/mol. The maximum Gasteiger partial charge on any atom is 0.128 e. The molecule has 0 aliphatic heterocycles. The van der Waals surface area contributed by atoms with Gasteiger partial charge in [0.15, 0.2) is 0 Å². The van der Waals surface area contributed by atoms with E-state index in [-0.39, 0.29) is 5.82 Å². The molecular formula is C16H19FN2O. The Morgan fingerprint density at radius 1 is 1.20 bits per heavy atom. The Hall–Kier alpha value is -2.10. The van der Waals surface area contributed by atoms with Crippen LogP contribution in [0.1, 0.15) is 22.4 Å². The Balaban J connectivity index is 2.16. The van der Waals surface area contributed by atoms with Crippen molar-refractivity contribution in [3.8, 4) is 5.75 Å². The van der Waals surface area contributed by atoms with E-state index < -0.39 is 0 Å². The molecule has 0 amide bonds. The Morgan fingerprint density at radius 3 is 2.60 bits per heavy atom. The van der Waals surface area contributed by atoms with Gasteiger partial charge in [-0.1, -0.05) is 6.07 Å². The van der Waals surface area contributed by atoms with E-state index in [1.165, 1.54) is 6.07 Å². The highest BCUT2D eigenvalue weighted by Crippen LogP contribution is 2.24. The highest BCUT2D eigenvalue weighted by Gasteiger charge is 2.09. The lowest BCUT2D eigenvalue weighted by Crippen LogP contribution is -2.06. The molecule has 3 nitrogen and oxygen atoms in total. The molecule has 1 N–H and O–H groups in total. The minimum absolute atomic E-state index is 0.207. The standard InChI is InChI=1S/C16H19FN2O/c1-10-5-6-13(7-14(10)17)18-9-15-12(3)16(20-4)11(2)8-19-15/h5-8,18H,9H2,1-4H3. The van der Waals surface area contributed by atoms with Crippen molar-refractivity contribution < 1.29 is 9.13 Å². The average Bonchev–Trinajstić information content (AvgIpc) is 2.42. The normalized spacial score (nSPS) is 10.4. The lowest BCUT2D eigenvalue weighted by atomic mass is 10.1. The second-order valence-corrected chi connectivity index (χ2v) is 4.86. The van der Waals surface area contributed by atoms with Crippen molar-refractivity contribution in [1.29, 1.82) is 0 Å². The predicted octanol–water partition coefficient (Wildman–Crippen LogP) is 3.77. The Kier molecular flexibility index (Phi) is 4.23. The van der Waals surface area contributed by atoms with Gasteiger partial charge >= 0.3 is 0 Å². The number of rotatable bonds is 4. The van der Waals surface area contributed by atoms with Crippen LogP contribution in [0.3, 0.4) is 0 Å². The van der Waals surface area contributed by atoms with Crippen molar-refractivity contribution in [3.05, 3.63) is 52.6 Å². The Morgan fingerprint density at radius 2 is 1.95 bits per heavy atom. The summed E-state index contributed by atoms with van der Waals surface area (Å²) in [6.45, 7) is 6.22. The summed E-state index contributed by atoms with van der Waals surface area (Å²) in [6, 6.07) is 5.11. The first-order valence-electron chi connectivity index (χ1n) is 6.52. The van der Waals surface area contributed by atoms with Gasteiger partial charge < -0.3 is 10.1 Å². The number of nitrogens with one attached hydrogen (secondary N) is 1. The number of benzene rings is 1. The molecule has 1 heterocycles. The molecule has 1 aromatic carbocycles. The third kappa shape index (κ3) is 2.90. The van der Waals surface area contributed by atoms with Gasteiger partial charge in [-0.25, -0.2) is 4.39 Å². The van der Waals surface area contributed by atoms with E-state index >= 15 is 0 Å². The summed E-state index contributed by atoms with van der Waals surface area (Å²) in [7, 11) is 1.65. The van der Waals surface area contributed by atoms with E-state index in [4.69, 9.17) is 4.74 Å². The summed E-state index contributed by atoms with van der Waals surface area (Å²) in [6.07, 6.45) is 1.79. The SMILES string of the molecule is COc1c(C)cnc(CNc2ccc(C)c(F)c2)c1C. The first-order chi connectivity index (χ1) is 9.52. The summed E-state index contributed by atoms with van der Waals surface area (Å²) in [5, 5.41) is 3.18. The lowest BCUT2D eigenvalue weighted by molar-refractivity contribution is 0.407. The molecule has 0 saturated heterocycles. The van der Waals surface area contributed by atoms with Crippen molar-refractivity contribution in [3.63, 3.8) is 0 Å². The highest BCUT2D eigenvalue weighted by atomic mass is 19.1. The van der Waals surface area contributed by atoms with Gasteiger partial charge in [0, 0.05) is 23.0 Å². The first kappa shape index (κ1) is 14.3. The number of hydrogen-bond acceptors (Lipinski definition) is 3. The van der Waals surface area contributed by atoms with Gasteiger partial charge in [-0.15, -0.1) is 0 Å². The third-order valence-corrected chi connectivity index (χ3v) is 3.38. The van der Waals surface area contributed by atoms with Crippen LogP contribution in [-0.4, -0.2) is 12.1 Å². The molecule has 0 fully saturated rings. The van der Waals surface area contributed by atoms with Crippen LogP contribution in [0, 0.1) is 26.6 Å². The molecule has 0 bridgehead atoms. The molecule has 106 valence electrons. The zero-order valence-electron chi connectivity index (χ0n) is 12.2. The van der Waals surface area contributed by atoms with E-state index in [1.807, 2.05) is 19.9 Å². The maximum absolute atomic E-state index is 13.5. The van der Waals surface area contributed by atoms with Crippen LogP contribution in [0.25, 0.3) is 0 Å².